The molecule has 13 rings (SSSR count). The normalized spacial score (nSPS) is 19.3. The zero-order valence-electron chi connectivity index (χ0n) is 33.3. The Labute approximate surface area is 347 Å². The molecule has 0 N–H and O–H groups in total. The van der Waals surface area contributed by atoms with Crippen molar-refractivity contribution in [2.45, 2.75) is 49.5 Å². The van der Waals surface area contributed by atoms with E-state index in [1.807, 2.05) is 0 Å². The summed E-state index contributed by atoms with van der Waals surface area (Å²) in [4.78, 5) is 0. The van der Waals surface area contributed by atoms with Crippen molar-refractivity contribution in [3.63, 3.8) is 0 Å². The van der Waals surface area contributed by atoms with Gasteiger partial charge < -0.3 is 9.13 Å². The predicted molar refractivity (Wildman–Crippen MR) is 251 cm³/mol. The highest BCUT2D eigenvalue weighted by atomic mass is 28.3. The van der Waals surface area contributed by atoms with E-state index in [0.717, 1.165) is 0 Å². The summed E-state index contributed by atoms with van der Waals surface area (Å²) < 4.78 is 5.30. The Hall–Kier alpha value is -6.42. The third-order valence-electron chi connectivity index (χ3n) is 14.7. The summed E-state index contributed by atoms with van der Waals surface area (Å²) >= 11 is 0. The van der Waals surface area contributed by atoms with Gasteiger partial charge in [0.2, 0.25) is 0 Å². The first-order chi connectivity index (χ1) is 29.2. The lowest BCUT2D eigenvalue weighted by molar-refractivity contribution is 0.0554. The van der Waals surface area contributed by atoms with Crippen LogP contribution in [0, 0.1) is 0 Å². The first-order valence-corrected chi connectivity index (χ1v) is 23.5. The molecule has 3 saturated carbocycles. The van der Waals surface area contributed by atoms with Gasteiger partial charge in [-0.1, -0.05) is 170 Å². The molecule has 2 heterocycles. The maximum atomic E-state index is 2.79. The molecule has 0 saturated heterocycles. The molecule has 2 nitrogen and oxygen atoms in total. The molecule has 2 aromatic heterocycles. The summed E-state index contributed by atoms with van der Waals surface area (Å²) in [5, 5.41) is 10.9. The molecule has 0 unspecified atom stereocenters. The van der Waals surface area contributed by atoms with Gasteiger partial charge >= 0.3 is 0 Å². The van der Waals surface area contributed by atoms with Gasteiger partial charge in [0.25, 0.3) is 0 Å². The first-order valence-electron chi connectivity index (χ1n) is 21.5. The number of aromatic nitrogens is 2. The summed E-state index contributed by atoms with van der Waals surface area (Å²) in [6.07, 6.45) is 7.46. The lowest BCUT2D eigenvalue weighted by Gasteiger charge is -2.55. The minimum absolute atomic E-state index is 0.148. The van der Waals surface area contributed by atoms with Crippen LogP contribution in [0.15, 0.2) is 206 Å². The zero-order chi connectivity index (χ0) is 39.0. The first kappa shape index (κ1) is 34.6. The Balaban J connectivity index is 1.04. The number of rotatable bonds is 7. The SMILES string of the molecule is c1ccc(C23CCC(n4c5ccccc5c5cc(-n6c7ccccc7c7cc([Si](c8ccccc8)(c8ccccc8)c8ccccc8)ccc76)ccc54)(CC2)CC3)cc1. The van der Waals surface area contributed by atoms with Crippen molar-refractivity contribution >= 4 is 72.4 Å². The fraction of sp³-hybridized carbons (Fsp3) is 0.143. The molecule has 0 spiro atoms. The van der Waals surface area contributed by atoms with Gasteiger partial charge in [-0.05, 0) is 107 Å². The Morgan fingerprint density at radius 3 is 1.37 bits per heavy atom. The van der Waals surface area contributed by atoms with Crippen molar-refractivity contribution in [1.29, 1.82) is 0 Å². The van der Waals surface area contributed by atoms with Gasteiger partial charge in [-0.2, -0.15) is 0 Å². The van der Waals surface area contributed by atoms with Crippen LogP contribution in [-0.4, -0.2) is 17.2 Å². The zero-order valence-corrected chi connectivity index (χ0v) is 34.3. The van der Waals surface area contributed by atoms with Crippen LogP contribution < -0.4 is 20.7 Å². The molecule has 0 atom stereocenters. The van der Waals surface area contributed by atoms with E-state index in [9.17, 15) is 0 Å². The van der Waals surface area contributed by atoms with Crippen molar-refractivity contribution in [3.05, 3.63) is 212 Å². The molecule has 2 bridgehead atoms. The summed E-state index contributed by atoms with van der Waals surface area (Å²) in [6, 6.07) is 78.1. The van der Waals surface area contributed by atoms with Crippen LogP contribution in [0.2, 0.25) is 0 Å². The largest absolute Gasteiger partial charge is 0.334 e. The lowest BCUT2D eigenvalue weighted by Crippen LogP contribution is -2.74. The average Bonchev–Trinajstić information content (AvgIpc) is 3.84. The highest BCUT2D eigenvalue weighted by Gasteiger charge is 2.51. The van der Waals surface area contributed by atoms with E-state index in [2.05, 4.69) is 215 Å². The summed E-state index contributed by atoms with van der Waals surface area (Å²) in [7, 11) is -2.70. The molecule has 284 valence electrons. The molecule has 0 aliphatic heterocycles. The minimum atomic E-state index is -2.70. The molecule has 3 aliphatic carbocycles. The molecule has 3 heteroatoms. The molecule has 0 amide bonds. The van der Waals surface area contributed by atoms with Gasteiger partial charge in [0.1, 0.15) is 0 Å². The molecule has 8 aromatic carbocycles. The molecular weight excluding hydrogens is 729 g/mol. The Morgan fingerprint density at radius 2 is 0.780 bits per heavy atom. The lowest BCUT2D eigenvalue weighted by atomic mass is 9.55. The molecule has 0 radical (unpaired) electrons. The summed E-state index contributed by atoms with van der Waals surface area (Å²) in [5.41, 5.74) is 8.47. The Kier molecular flexibility index (Phi) is 7.80. The second kappa shape index (κ2) is 13.3. The number of nitrogens with zero attached hydrogens (tertiary/aromatic N) is 2. The number of hydrogen-bond donors (Lipinski definition) is 0. The molecule has 3 fully saturated rings. The van der Waals surface area contributed by atoms with Gasteiger partial charge in [0.15, 0.2) is 8.07 Å². The van der Waals surface area contributed by atoms with Crippen molar-refractivity contribution in [3.8, 4) is 5.69 Å². The third-order valence-corrected chi connectivity index (χ3v) is 19.5. The van der Waals surface area contributed by atoms with E-state index in [1.165, 1.54) is 109 Å². The quantitative estimate of drug-likeness (QED) is 0.113. The van der Waals surface area contributed by atoms with Crippen LogP contribution >= 0.6 is 0 Å². The summed E-state index contributed by atoms with van der Waals surface area (Å²) in [6.45, 7) is 0. The molecule has 3 aliphatic rings. The number of benzene rings is 8. The fourth-order valence-electron chi connectivity index (χ4n) is 11.9. The van der Waals surface area contributed by atoms with Crippen LogP contribution in [0.25, 0.3) is 49.3 Å². The van der Waals surface area contributed by atoms with E-state index >= 15 is 0 Å². The van der Waals surface area contributed by atoms with Crippen molar-refractivity contribution in [2.24, 2.45) is 0 Å². The predicted octanol–water partition coefficient (Wildman–Crippen LogP) is 11.3. The second-order valence-electron chi connectivity index (χ2n) is 17.4. The third kappa shape index (κ3) is 5.04. The topological polar surface area (TPSA) is 9.86 Å². The van der Waals surface area contributed by atoms with Crippen LogP contribution in [0.5, 0.6) is 0 Å². The van der Waals surface area contributed by atoms with Crippen molar-refractivity contribution in [2.75, 3.05) is 0 Å². The number of fused-ring (bicyclic) bond motifs is 9. The standard InChI is InChI=1S/C56H46N2Si/c1-5-17-41(18-6-1)55-33-36-56(37-34-55,38-35-55)58-53-28-16-14-26-48(53)49-39-42(29-31-54(49)58)57-51-27-15-13-25-47(51)50-40-46(30-32-52(50)57)59(43-19-7-2-8-20-43,44-21-9-3-10-22-44)45-23-11-4-12-24-45/h1-32,39-40H,33-38H2. The molecule has 10 aromatic rings. The van der Waals surface area contributed by atoms with Crippen molar-refractivity contribution < 1.29 is 0 Å². The number of para-hydroxylation sites is 2. The Bertz CT molecular complexity index is 3040. The maximum Gasteiger partial charge on any atom is 0.179 e. The molecule has 59 heavy (non-hydrogen) atoms. The van der Waals surface area contributed by atoms with Crippen LogP contribution in [0.3, 0.4) is 0 Å². The van der Waals surface area contributed by atoms with Crippen molar-refractivity contribution in [1.82, 2.24) is 9.13 Å². The van der Waals surface area contributed by atoms with E-state index in [4.69, 9.17) is 0 Å². The number of hydrogen-bond acceptors (Lipinski definition) is 0. The van der Waals surface area contributed by atoms with E-state index in [0.29, 0.717) is 5.41 Å². The minimum Gasteiger partial charge on any atom is -0.334 e. The maximum absolute atomic E-state index is 2.79. The van der Waals surface area contributed by atoms with Crippen LogP contribution in [0.1, 0.15) is 44.1 Å². The van der Waals surface area contributed by atoms with Gasteiger partial charge in [-0.25, -0.2) is 0 Å². The van der Waals surface area contributed by atoms with Gasteiger partial charge in [0.05, 0.1) is 11.0 Å². The smallest absolute Gasteiger partial charge is 0.179 e. The van der Waals surface area contributed by atoms with Gasteiger partial charge in [-0.15, -0.1) is 0 Å². The highest BCUT2D eigenvalue weighted by Crippen LogP contribution is 2.58. The highest BCUT2D eigenvalue weighted by molar-refractivity contribution is 7.20. The monoisotopic (exact) mass is 774 g/mol. The van der Waals surface area contributed by atoms with Crippen LogP contribution in [-0.2, 0) is 11.0 Å². The van der Waals surface area contributed by atoms with Crippen LogP contribution in [0.4, 0.5) is 0 Å². The van der Waals surface area contributed by atoms with Gasteiger partial charge in [-0.3, -0.25) is 0 Å². The fourth-order valence-corrected chi connectivity index (χ4v) is 16.7. The average molecular weight is 775 g/mol. The molecular formula is C56H46N2Si. The summed E-state index contributed by atoms with van der Waals surface area (Å²) in [5.74, 6) is 0. The van der Waals surface area contributed by atoms with E-state index in [1.54, 1.807) is 5.56 Å². The van der Waals surface area contributed by atoms with E-state index in [-0.39, 0.29) is 5.54 Å². The second-order valence-corrected chi connectivity index (χ2v) is 21.2. The van der Waals surface area contributed by atoms with Gasteiger partial charge in [0, 0.05) is 43.8 Å². The van der Waals surface area contributed by atoms with E-state index < -0.39 is 8.07 Å². The Morgan fingerprint density at radius 1 is 0.339 bits per heavy atom.